The van der Waals surface area contributed by atoms with Crippen LogP contribution in [-0.4, -0.2) is 12.1 Å². The largest absolute Gasteiger partial charge is 0.489 e. The number of hydrogen-bond acceptors (Lipinski definition) is 3. The molecule has 27 heavy (non-hydrogen) atoms. The van der Waals surface area contributed by atoms with E-state index in [-0.39, 0.29) is 5.91 Å². The van der Waals surface area contributed by atoms with Gasteiger partial charge in [0.25, 0.3) is 0 Å². The molecule has 5 heteroatoms. The van der Waals surface area contributed by atoms with E-state index < -0.39 is 0 Å². The number of unbranched alkanes of at least 4 members (excludes halogenated alkanes) is 4. The molecule has 2 rings (SSSR count). The van der Waals surface area contributed by atoms with Gasteiger partial charge in [-0.05, 0) is 42.3 Å². The van der Waals surface area contributed by atoms with Crippen LogP contribution >= 0.6 is 11.6 Å². The lowest BCUT2D eigenvalue weighted by Gasteiger charge is -2.07. The number of benzene rings is 2. The number of nitrogens with zero attached hydrogens (tertiary/aromatic N) is 1. The third-order valence-electron chi connectivity index (χ3n) is 4.14. The maximum atomic E-state index is 11.7. The van der Waals surface area contributed by atoms with Gasteiger partial charge in [0.2, 0.25) is 5.91 Å². The summed E-state index contributed by atoms with van der Waals surface area (Å²) in [5.41, 5.74) is 4.41. The standard InChI is InChI=1S/C22H27ClN2O2/c1-2-3-4-5-6-11-22(26)25-24-16-18-12-14-20(15-13-18)27-17-19-9-7-8-10-21(19)23/h7-10,12-16H,2-6,11,17H2,1H3,(H,25,26)/b24-16-. The molecule has 0 unspecified atom stereocenters. The molecule has 0 spiro atoms. The van der Waals surface area contributed by atoms with E-state index in [0.29, 0.717) is 18.1 Å². The van der Waals surface area contributed by atoms with Crippen molar-refractivity contribution in [2.24, 2.45) is 5.10 Å². The first-order valence-corrected chi connectivity index (χ1v) is 9.85. The van der Waals surface area contributed by atoms with E-state index in [1.54, 1.807) is 6.21 Å². The summed E-state index contributed by atoms with van der Waals surface area (Å²) in [6, 6.07) is 15.1. The van der Waals surface area contributed by atoms with E-state index in [1.165, 1.54) is 19.3 Å². The lowest BCUT2D eigenvalue weighted by molar-refractivity contribution is -0.121. The normalized spacial score (nSPS) is 10.9. The predicted octanol–water partition coefficient (Wildman–Crippen LogP) is 5.73. The fourth-order valence-electron chi connectivity index (χ4n) is 2.55. The summed E-state index contributed by atoms with van der Waals surface area (Å²) in [6.45, 7) is 2.60. The molecule has 0 bridgehead atoms. The quantitative estimate of drug-likeness (QED) is 0.304. The minimum atomic E-state index is -0.0394. The molecular weight excluding hydrogens is 360 g/mol. The number of rotatable bonds is 11. The van der Waals surface area contributed by atoms with E-state index in [1.807, 2.05) is 48.5 Å². The Hall–Kier alpha value is -2.33. The van der Waals surface area contributed by atoms with Gasteiger partial charge in [-0.25, -0.2) is 5.43 Å². The van der Waals surface area contributed by atoms with Gasteiger partial charge in [-0.15, -0.1) is 0 Å². The van der Waals surface area contributed by atoms with E-state index in [9.17, 15) is 4.79 Å². The summed E-state index contributed by atoms with van der Waals surface area (Å²) in [6.07, 6.45) is 7.80. The second kappa shape index (κ2) is 12.1. The number of halogens is 1. The monoisotopic (exact) mass is 386 g/mol. The second-order valence-corrected chi connectivity index (χ2v) is 6.81. The molecule has 2 aromatic carbocycles. The average molecular weight is 387 g/mol. The Morgan fingerprint density at radius 2 is 1.81 bits per heavy atom. The summed E-state index contributed by atoms with van der Waals surface area (Å²) in [5, 5.41) is 4.71. The van der Waals surface area contributed by atoms with Crippen LogP contribution in [0.2, 0.25) is 5.02 Å². The Labute approximate surface area is 166 Å². The minimum Gasteiger partial charge on any atom is -0.489 e. The highest BCUT2D eigenvalue weighted by molar-refractivity contribution is 6.31. The lowest BCUT2D eigenvalue weighted by Crippen LogP contribution is -2.16. The van der Waals surface area contributed by atoms with Crippen LogP contribution in [0, 0.1) is 0 Å². The number of hydrogen-bond donors (Lipinski definition) is 1. The molecule has 0 aliphatic rings. The van der Waals surface area contributed by atoms with Crippen LogP contribution < -0.4 is 10.2 Å². The zero-order valence-electron chi connectivity index (χ0n) is 15.8. The average Bonchev–Trinajstić information content (AvgIpc) is 2.68. The van der Waals surface area contributed by atoms with Crippen molar-refractivity contribution in [2.45, 2.75) is 52.1 Å². The van der Waals surface area contributed by atoms with Crippen LogP contribution in [0.1, 0.15) is 56.6 Å². The predicted molar refractivity (Wildman–Crippen MR) is 111 cm³/mol. The van der Waals surface area contributed by atoms with Gasteiger partial charge < -0.3 is 4.74 Å². The van der Waals surface area contributed by atoms with Gasteiger partial charge in [0.15, 0.2) is 0 Å². The van der Waals surface area contributed by atoms with Gasteiger partial charge >= 0.3 is 0 Å². The topological polar surface area (TPSA) is 50.7 Å². The summed E-state index contributed by atoms with van der Waals surface area (Å²) in [7, 11) is 0. The molecule has 0 aromatic heterocycles. The molecule has 0 heterocycles. The number of hydrazone groups is 1. The van der Waals surface area contributed by atoms with Gasteiger partial charge in [-0.3, -0.25) is 4.79 Å². The fourth-order valence-corrected chi connectivity index (χ4v) is 2.74. The van der Waals surface area contributed by atoms with Crippen molar-refractivity contribution >= 4 is 23.7 Å². The van der Waals surface area contributed by atoms with Crippen LogP contribution in [0.25, 0.3) is 0 Å². The number of carbonyl (C=O) groups excluding carboxylic acids is 1. The van der Waals surface area contributed by atoms with Crippen LogP contribution in [0.15, 0.2) is 53.6 Å². The lowest BCUT2D eigenvalue weighted by atomic mass is 10.1. The molecule has 0 aliphatic heterocycles. The van der Waals surface area contributed by atoms with Gasteiger partial charge in [0.1, 0.15) is 12.4 Å². The molecule has 2 aromatic rings. The first-order valence-electron chi connectivity index (χ1n) is 9.47. The van der Waals surface area contributed by atoms with Crippen LogP contribution in [-0.2, 0) is 11.4 Å². The third-order valence-corrected chi connectivity index (χ3v) is 4.51. The maximum Gasteiger partial charge on any atom is 0.240 e. The Kier molecular flexibility index (Phi) is 9.42. The van der Waals surface area contributed by atoms with Crippen molar-refractivity contribution in [1.29, 1.82) is 0 Å². The fraction of sp³-hybridized carbons (Fsp3) is 0.364. The molecule has 0 saturated heterocycles. The highest BCUT2D eigenvalue weighted by Crippen LogP contribution is 2.18. The van der Waals surface area contributed by atoms with Gasteiger partial charge in [0.05, 0.1) is 6.21 Å². The SMILES string of the molecule is CCCCCCCC(=O)N/N=C\c1ccc(OCc2ccccc2Cl)cc1. The molecule has 0 aliphatic carbocycles. The molecule has 0 radical (unpaired) electrons. The van der Waals surface area contributed by atoms with Crippen molar-refractivity contribution in [1.82, 2.24) is 5.43 Å². The van der Waals surface area contributed by atoms with E-state index in [0.717, 1.165) is 29.7 Å². The summed E-state index contributed by atoms with van der Waals surface area (Å²) >= 11 is 6.12. The smallest absolute Gasteiger partial charge is 0.240 e. The summed E-state index contributed by atoms with van der Waals surface area (Å²) < 4.78 is 5.74. The Balaban J connectivity index is 1.71. The Morgan fingerprint density at radius 1 is 1.07 bits per heavy atom. The molecule has 0 saturated carbocycles. The third kappa shape index (κ3) is 8.27. The highest BCUT2D eigenvalue weighted by Gasteiger charge is 2.01. The molecule has 1 N–H and O–H groups in total. The molecule has 144 valence electrons. The van der Waals surface area contributed by atoms with Crippen molar-refractivity contribution in [3.63, 3.8) is 0 Å². The van der Waals surface area contributed by atoms with Crippen molar-refractivity contribution in [3.8, 4) is 5.75 Å². The molecule has 1 amide bonds. The second-order valence-electron chi connectivity index (χ2n) is 6.41. The Morgan fingerprint density at radius 3 is 2.56 bits per heavy atom. The molecule has 4 nitrogen and oxygen atoms in total. The first kappa shape index (κ1) is 21.0. The summed E-state index contributed by atoms with van der Waals surface area (Å²) in [4.78, 5) is 11.7. The van der Waals surface area contributed by atoms with E-state index in [2.05, 4.69) is 17.5 Å². The molecular formula is C22H27ClN2O2. The van der Waals surface area contributed by atoms with Gasteiger partial charge in [0, 0.05) is 17.0 Å². The molecule has 0 fully saturated rings. The van der Waals surface area contributed by atoms with Crippen molar-refractivity contribution < 1.29 is 9.53 Å². The minimum absolute atomic E-state index is 0.0394. The zero-order valence-corrected chi connectivity index (χ0v) is 16.5. The Bertz CT molecular complexity index is 729. The number of ether oxygens (including phenoxy) is 1. The summed E-state index contributed by atoms with van der Waals surface area (Å²) in [5.74, 6) is 0.714. The van der Waals surface area contributed by atoms with Gasteiger partial charge in [-0.1, -0.05) is 62.4 Å². The number of amides is 1. The zero-order chi connectivity index (χ0) is 19.3. The van der Waals surface area contributed by atoms with Crippen LogP contribution in [0.4, 0.5) is 0 Å². The number of nitrogens with one attached hydrogen (secondary N) is 1. The highest BCUT2D eigenvalue weighted by atomic mass is 35.5. The van der Waals surface area contributed by atoms with Crippen LogP contribution in [0.3, 0.4) is 0 Å². The van der Waals surface area contributed by atoms with Gasteiger partial charge in [-0.2, -0.15) is 5.10 Å². The molecule has 0 atom stereocenters. The van der Waals surface area contributed by atoms with E-state index >= 15 is 0 Å². The number of carbonyl (C=O) groups is 1. The van der Waals surface area contributed by atoms with Crippen molar-refractivity contribution in [3.05, 3.63) is 64.7 Å². The van der Waals surface area contributed by atoms with Crippen molar-refractivity contribution in [2.75, 3.05) is 0 Å². The maximum absolute atomic E-state index is 11.7. The van der Waals surface area contributed by atoms with E-state index in [4.69, 9.17) is 16.3 Å². The van der Waals surface area contributed by atoms with Crippen LogP contribution in [0.5, 0.6) is 5.75 Å². The first-order chi connectivity index (χ1) is 13.2.